The van der Waals surface area contributed by atoms with Crippen molar-refractivity contribution in [2.75, 3.05) is 19.7 Å². The van der Waals surface area contributed by atoms with Gasteiger partial charge in [-0.3, -0.25) is 4.79 Å². The maximum absolute atomic E-state index is 12.0. The van der Waals surface area contributed by atoms with Crippen LogP contribution < -0.4 is 0 Å². The molecule has 0 spiro atoms. The molecule has 1 aliphatic heterocycles. The first-order valence-electron chi connectivity index (χ1n) is 7.41. The van der Waals surface area contributed by atoms with E-state index >= 15 is 0 Å². The molecular formula is C18H18BrNO2. The number of benzene rings is 2. The number of carbonyl (C=O) groups excluding carboxylic acids is 1. The molecule has 22 heavy (non-hydrogen) atoms. The van der Waals surface area contributed by atoms with Gasteiger partial charge in [0.25, 0.3) is 0 Å². The lowest BCUT2D eigenvalue weighted by Gasteiger charge is -2.33. The number of amides is 1. The Morgan fingerprint density at radius 3 is 2.55 bits per heavy atom. The van der Waals surface area contributed by atoms with Crippen molar-refractivity contribution < 1.29 is 9.53 Å². The Hall–Kier alpha value is -1.65. The van der Waals surface area contributed by atoms with E-state index < -0.39 is 0 Å². The van der Waals surface area contributed by atoms with Gasteiger partial charge >= 0.3 is 0 Å². The van der Waals surface area contributed by atoms with E-state index in [1.54, 1.807) is 0 Å². The van der Waals surface area contributed by atoms with E-state index in [2.05, 4.69) is 28.1 Å². The van der Waals surface area contributed by atoms with Crippen molar-refractivity contribution in [2.45, 2.75) is 12.5 Å². The summed E-state index contributed by atoms with van der Waals surface area (Å²) in [5.41, 5.74) is 2.36. The highest BCUT2D eigenvalue weighted by molar-refractivity contribution is 9.10. The number of hydrogen-bond acceptors (Lipinski definition) is 2. The van der Waals surface area contributed by atoms with Crippen LogP contribution in [0, 0.1) is 0 Å². The van der Waals surface area contributed by atoms with Crippen LogP contribution in [0.15, 0.2) is 59.1 Å². The minimum atomic E-state index is -0.0402. The number of carbonyl (C=O) groups is 1. The van der Waals surface area contributed by atoms with Gasteiger partial charge < -0.3 is 9.64 Å². The molecule has 0 N–H and O–H groups in total. The van der Waals surface area contributed by atoms with Gasteiger partial charge in [0, 0.05) is 11.0 Å². The third-order valence-corrected chi connectivity index (χ3v) is 4.43. The molecule has 2 aromatic carbocycles. The smallest absolute Gasteiger partial charge is 0.248 e. The molecule has 4 heteroatoms. The van der Waals surface area contributed by atoms with Crippen LogP contribution in [0.25, 0.3) is 0 Å². The fourth-order valence-corrected chi connectivity index (χ4v) is 2.89. The number of nitrogens with zero attached hydrogens (tertiary/aromatic N) is 1. The van der Waals surface area contributed by atoms with Crippen molar-refractivity contribution in [3.05, 3.63) is 70.2 Å². The average Bonchev–Trinajstić information content (AvgIpc) is 2.56. The minimum absolute atomic E-state index is 0.0402. The zero-order valence-corrected chi connectivity index (χ0v) is 13.8. The summed E-state index contributed by atoms with van der Waals surface area (Å²) in [6, 6.07) is 18.3. The molecule has 0 radical (unpaired) electrons. The first-order valence-corrected chi connectivity index (χ1v) is 8.20. The van der Waals surface area contributed by atoms with E-state index in [1.807, 2.05) is 47.4 Å². The number of hydrogen-bond donors (Lipinski definition) is 0. The summed E-state index contributed by atoms with van der Waals surface area (Å²) in [6.07, 6.45) is 0.834. The molecule has 0 saturated carbocycles. The minimum Gasteiger partial charge on any atom is -0.362 e. The molecule has 1 fully saturated rings. The van der Waals surface area contributed by atoms with Crippen LogP contribution in [0.1, 0.15) is 17.2 Å². The Labute approximate surface area is 139 Å². The standard InChI is InChI=1S/C18H18BrNO2/c19-16-8-6-15(7-9-16)17-12-20(18(21)13-22-17)11-10-14-4-2-1-3-5-14/h1-9,17H,10-13H2/t17-/m0/s1. The first-order chi connectivity index (χ1) is 10.7. The Kier molecular flexibility index (Phi) is 4.90. The van der Waals surface area contributed by atoms with E-state index in [9.17, 15) is 4.79 Å². The van der Waals surface area contributed by atoms with E-state index in [4.69, 9.17) is 4.74 Å². The van der Waals surface area contributed by atoms with Gasteiger partial charge in [0.1, 0.15) is 12.7 Å². The van der Waals surface area contributed by atoms with Crippen LogP contribution >= 0.6 is 15.9 Å². The van der Waals surface area contributed by atoms with Gasteiger partial charge in [-0.25, -0.2) is 0 Å². The lowest BCUT2D eigenvalue weighted by Crippen LogP contribution is -2.44. The molecule has 3 nitrogen and oxygen atoms in total. The number of morpholine rings is 1. The normalized spacial score (nSPS) is 18.5. The summed E-state index contributed by atoms with van der Waals surface area (Å²) in [5, 5.41) is 0. The number of rotatable bonds is 4. The molecule has 3 rings (SSSR count). The van der Waals surface area contributed by atoms with Gasteiger partial charge in [-0.15, -0.1) is 0 Å². The van der Waals surface area contributed by atoms with Crippen LogP contribution in [0.4, 0.5) is 0 Å². The van der Waals surface area contributed by atoms with Gasteiger partial charge in [0.15, 0.2) is 0 Å². The summed E-state index contributed by atoms with van der Waals surface area (Å²) >= 11 is 3.44. The van der Waals surface area contributed by atoms with E-state index in [0.717, 1.165) is 23.0 Å². The fourth-order valence-electron chi connectivity index (χ4n) is 2.62. The molecule has 1 amide bonds. The lowest BCUT2D eigenvalue weighted by molar-refractivity contribution is -0.149. The van der Waals surface area contributed by atoms with E-state index in [1.165, 1.54) is 5.56 Å². The van der Waals surface area contributed by atoms with E-state index in [-0.39, 0.29) is 18.6 Å². The van der Waals surface area contributed by atoms with Crippen molar-refractivity contribution in [3.8, 4) is 0 Å². The van der Waals surface area contributed by atoms with Crippen LogP contribution in [-0.2, 0) is 16.0 Å². The summed E-state index contributed by atoms with van der Waals surface area (Å²) in [4.78, 5) is 13.9. The third-order valence-electron chi connectivity index (χ3n) is 3.90. The number of halogens is 1. The average molecular weight is 360 g/mol. The molecule has 1 atom stereocenters. The van der Waals surface area contributed by atoms with Crippen molar-refractivity contribution in [2.24, 2.45) is 0 Å². The SMILES string of the molecule is O=C1CO[C@H](c2ccc(Br)cc2)CN1CCc1ccccc1. The Bertz CT molecular complexity index is 627. The predicted octanol–water partition coefficient (Wildman–Crippen LogP) is 3.59. The second-order valence-corrected chi connectivity index (χ2v) is 6.34. The highest BCUT2D eigenvalue weighted by Gasteiger charge is 2.26. The predicted molar refractivity (Wildman–Crippen MR) is 89.6 cm³/mol. The van der Waals surface area contributed by atoms with Crippen LogP contribution in [0.2, 0.25) is 0 Å². The second-order valence-electron chi connectivity index (χ2n) is 5.43. The fraction of sp³-hybridized carbons (Fsp3) is 0.278. The maximum atomic E-state index is 12.0. The van der Waals surface area contributed by atoms with Gasteiger partial charge in [0.05, 0.1) is 6.54 Å². The zero-order chi connectivity index (χ0) is 15.4. The Morgan fingerprint density at radius 2 is 1.82 bits per heavy atom. The molecule has 0 unspecified atom stereocenters. The Balaban J connectivity index is 1.63. The molecule has 2 aromatic rings. The number of ether oxygens (including phenoxy) is 1. The third kappa shape index (κ3) is 3.76. The maximum Gasteiger partial charge on any atom is 0.248 e. The summed E-state index contributed by atoms with van der Waals surface area (Å²) in [5.74, 6) is 0.0734. The van der Waals surface area contributed by atoms with E-state index in [0.29, 0.717) is 6.54 Å². The lowest BCUT2D eigenvalue weighted by atomic mass is 10.1. The molecule has 0 aromatic heterocycles. The second kappa shape index (κ2) is 7.07. The first kappa shape index (κ1) is 15.3. The zero-order valence-electron chi connectivity index (χ0n) is 12.2. The van der Waals surface area contributed by atoms with Gasteiger partial charge in [0.2, 0.25) is 5.91 Å². The highest BCUT2D eigenvalue weighted by atomic mass is 79.9. The summed E-state index contributed by atoms with van der Waals surface area (Å²) in [6.45, 7) is 1.52. The summed E-state index contributed by atoms with van der Waals surface area (Å²) in [7, 11) is 0. The highest BCUT2D eigenvalue weighted by Crippen LogP contribution is 2.24. The van der Waals surface area contributed by atoms with Gasteiger partial charge in [-0.1, -0.05) is 58.4 Å². The largest absolute Gasteiger partial charge is 0.362 e. The van der Waals surface area contributed by atoms with Crippen LogP contribution in [0.3, 0.4) is 0 Å². The van der Waals surface area contributed by atoms with Crippen molar-refractivity contribution in [1.29, 1.82) is 0 Å². The van der Waals surface area contributed by atoms with Crippen LogP contribution in [0.5, 0.6) is 0 Å². The molecule has 1 heterocycles. The molecule has 0 bridgehead atoms. The van der Waals surface area contributed by atoms with Gasteiger partial charge in [-0.2, -0.15) is 0 Å². The quantitative estimate of drug-likeness (QED) is 0.834. The van der Waals surface area contributed by atoms with Crippen molar-refractivity contribution in [3.63, 3.8) is 0 Å². The molecule has 114 valence electrons. The van der Waals surface area contributed by atoms with Crippen LogP contribution in [-0.4, -0.2) is 30.5 Å². The van der Waals surface area contributed by atoms with Gasteiger partial charge in [-0.05, 0) is 29.7 Å². The monoisotopic (exact) mass is 359 g/mol. The molecular weight excluding hydrogens is 342 g/mol. The Morgan fingerprint density at radius 1 is 1.09 bits per heavy atom. The topological polar surface area (TPSA) is 29.5 Å². The molecule has 0 aliphatic carbocycles. The van der Waals surface area contributed by atoms with Crippen molar-refractivity contribution >= 4 is 21.8 Å². The summed E-state index contributed by atoms with van der Waals surface area (Å²) < 4.78 is 6.74. The van der Waals surface area contributed by atoms with Crippen molar-refractivity contribution in [1.82, 2.24) is 4.90 Å². The molecule has 1 aliphatic rings. The molecule has 1 saturated heterocycles.